The maximum atomic E-state index is 6.16. The van der Waals surface area contributed by atoms with Crippen LogP contribution in [0.15, 0.2) is 16.7 Å². The van der Waals surface area contributed by atoms with Crippen molar-refractivity contribution >= 4 is 39.0 Å². The smallest absolute Gasteiger partial charge is 0.160 e. The molecule has 0 saturated carbocycles. The Morgan fingerprint density at radius 1 is 1.50 bits per heavy atom. The second kappa shape index (κ2) is 5.50. The predicted octanol–water partition coefficient (Wildman–Crippen LogP) is 2.72. The summed E-state index contributed by atoms with van der Waals surface area (Å²) in [5.41, 5.74) is 0.762. The van der Waals surface area contributed by atoms with Gasteiger partial charge in [0.05, 0.1) is 0 Å². The van der Waals surface area contributed by atoms with Gasteiger partial charge in [-0.3, -0.25) is 0 Å². The van der Waals surface area contributed by atoms with Crippen LogP contribution in [-0.2, 0) is 0 Å². The van der Waals surface area contributed by atoms with Crippen LogP contribution in [0, 0.1) is 0 Å². The lowest BCUT2D eigenvalue weighted by atomic mass is 10.1. The highest BCUT2D eigenvalue weighted by molar-refractivity contribution is 9.10. The summed E-state index contributed by atoms with van der Waals surface area (Å²) < 4.78 is 2.62. The van der Waals surface area contributed by atoms with Crippen molar-refractivity contribution < 1.29 is 0 Å². The Morgan fingerprint density at radius 3 is 3.05 bits per heavy atom. The number of piperazine rings is 1. The minimum Gasteiger partial charge on any atom is -0.351 e. The molecule has 2 aromatic heterocycles. The fourth-order valence-corrected chi connectivity index (χ4v) is 3.18. The molecule has 0 aliphatic carbocycles. The highest BCUT2D eigenvalue weighted by atomic mass is 79.9. The van der Waals surface area contributed by atoms with E-state index in [1.807, 2.05) is 16.6 Å². The Kier molecular flexibility index (Phi) is 3.88. The van der Waals surface area contributed by atoms with E-state index < -0.39 is 0 Å². The number of fused-ring (bicyclic) bond motifs is 1. The van der Waals surface area contributed by atoms with E-state index in [1.54, 1.807) is 0 Å². The highest BCUT2D eigenvalue weighted by Crippen LogP contribution is 2.25. The first-order valence-corrected chi connectivity index (χ1v) is 7.97. The van der Waals surface area contributed by atoms with Gasteiger partial charge in [-0.25, -0.2) is 4.98 Å². The largest absolute Gasteiger partial charge is 0.351 e. The van der Waals surface area contributed by atoms with Crippen LogP contribution in [-0.4, -0.2) is 39.8 Å². The number of halogens is 2. The molecule has 108 valence electrons. The number of aromatic nitrogens is 3. The number of rotatable bonds is 2. The molecule has 1 aliphatic rings. The zero-order valence-corrected chi connectivity index (χ0v) is 13.8. The van der Waals surface area contributed by atoms with E-state index in [-0.39, 0.29) is 0 Å². The summed E-state index contributed by atoms with van der Waals surface area (Å²) in [6.45, 7) is 6.32. The summed E-state index contributed by atoms with van der Waals surface area (Å²) in [6, 6.07) is 4.65. The van der Waals surface area contributed by atoms with Gasteiger partial charge in [0.25, 0.3) is 0 Å². The molecule has 1 fully saturated rings. The quantitative estimate of drug-likeness (QED) is 0.839. The van der Waals surface area contributed by atoms with Crippen molar-refractivity contribution in [2.75, 3.05) is 18.0 Å². The number of anilines is 1. The Bertz CT molecular complexity index is 628. The molecule has 0 bridgehead atoms. The second-order valence-corrected chi connectivity index (χ2v) is 6.39. The van der Waals surface area contributed by atoms with Crippen LogP contribution in [0.5, 0.6) is 0 Å². The van der Waals surface area contributed by atoms with Crippen molar-refractivity contribution in [1.29, 1.82) is 0 Å². The van der Waals surface area contributed by atoms with Crippen molar-refractivity contribution in [2.45, 2.75) is 32.4 Å². The first kappa shape index (κ1) is 14.1. The van der Waals surface area contributed by atoms with Gasteiger partial charge in [0.1, 0.15) is 15.6 Å². The lowest BCUT2D eigenvalue weighted by Gasteiger charge is -2.40. The van der Waals surface area contributed by atoms with Crippen molar-refractivity contribution in [3.63, 3.8) is 0 Å². The van der Waals surface area contributed by atoms with Crippen LogP contribution in [0.4, 0.5) is 5.82 Å². The van der Waals surface area contributed by atoms with Crippen LogP contribution in [0.1, 0.15) is 20.3 Å². The topological polar surface area (TPSA) is 45.5 Å². The van der Waals surface area contributed by atoms with Crippen LogP contribution in [0.25, 0.3) is 5.65 Å². The van der Waals surface area contributed by atoms with Crippen LogP contribution in [0.2, 0.25) is 5.15 Å². The monoisotopic (exact) mass is 357 g/mol. The lowest BCUT2D eigenvalue weighted by molar-refractivity contribution is 0.394. The van der Waals surface area contributed by atoms with Crippen molar-refractivity contribution in [3.05, 3.63) is 21.9 Å². The molecule has 1 N–H and O–H groups in total. The molecule has 2 aromatic rings. The molecule has 3 heterocycles. The van der Waals surface area contributed by atoms with E-state index in [2.05, 4.69) is 50.1 Å². The first-order chi connectivity index (χ1) is 9.58. The van der Waals surface area contributed by atoms with Crippen molar-refractivity contribution in [3.8, 4) is 0 Å². The van der Waals surface area contributed by atoms with E-state index in [0.29, 0.717) is 17.2 Å². The number of nitrogens with one attached hydrogen (secondary N) is 1. The molecule has 1 saturated heterocycles. The molecule has 0 aromatic carbocycles. The third-order valence-electron chi connectivity index (χ3n) is 3.79. The Hall–Kier alpha value is -0.850. The van der Waals surface area contributed by atoms with E-state index in [1.165, 1.54) is 0 Å². The SMILES string of the molecule is CC[C@@H]1CN(c2cc(Cl)nc3cc(Br)nn23)[C@@H](C)CN1. The van der Waals surface area contributed by atoms with Crippen LogP contribution >= 0.6 is 27.5 Å². The van der Waals surface area contributed by atoms with Crippen LogP contribution in [0.3, 0.4) is 0 Å². The highest BCUT2D eigenvalue weighted by Gasteiger charge is 2.26. The number of hydrogen-bond donors (Lipinski definition) is 1. The molecule has 0 radical (unpaired) electrons. The Morgan fingerprint density at radius 2 is 2.30 bits per heavy atom. The lowest BCUT2D eigenvalue weighted by Crippen LogP contribution is -2.55. The number of hydrogen-bond acceptors (Lipinski definition) is 4. The molecule has 0 amide bonds. The maximum Gasteiger partial charge on any atom is 0.160 e. The summed E-state index contributed by atoms with van der Waals surface area (Å²) in [4.78, 5) is 6.66. The Balaban J connectivity index is 2.07. The summed E-state index contributed by atoms with van der Waals surface area (Å²) in [5, 5.41) is 8.52. The van der Waals surface area contributed by atoms with Crippen LogP contribution < -0.4 is 10.2 Å². The summed E-state index contributed by atoms with van der Waals surface area (Å²) in [6.07, 6.45) is 1.11. The maximum absolute atomic E-state index is 6.16. The first-order valence-electron chi connectivity index (χ1n) is 6.80. The van der Waals surface area contributed by atoms with E-state index in [9.17, 15) is 0 Å². The van der Waals surface area contributed by atoms with Gasteiger partial charge in [-0.15, -0.1) is 0 Å². The van der Waals surface area contributed by atoms with Crippen molar-refractivity contribution in [1.82, 2.24) is 19.9 Å². The van der Waals surface area contributed by atoms with Gasteiger partial charge in [0.2, 0.25) is 0 Å². The standard InChI is InChI=1S/C13H17BrClN5/c1-3-9-7-19(8(2)6-16-9)13-5-11(15)17-12-4-10(14)18-20(12)13/h4-5,8-9,16H,3,6-7H2,1-2H3/t8-,9+/m0/s1. The molecule has 0 spiro atoms. The normalized spacial score (nSPS) is 23.5. The summed E-state index contributed by atoms with van der Waals surface area (Å²) in [7, 11) is 0. The molecule has 7 heteroatoms. The van der Waals surface area contributed by atoms with E-state index in [0.717, 1.165) is 35.6 Å². The average Bonchev–Trinajstić information content (AvgIpc) is 2.78. The molecular formula is C13H17BrClN5. The third-order valence-corrected chi connectivity index (χ3v) is 4.37. The fraction of sp³-hybridized carbons (Fsp3) is 0.538. The fourth-order valence-electron chi connectivity index (χ4n) is 2.63. The minimum atomic E-state index is 0.391. The average molecular weight is 359 g/mol. The molecule has 2 atom stereocenters. The number of nitrogens with zero attached hydrogens (tertiary/aromatic N) is 4. The molecule has 3 rings (SSSR count). The summed E-state index contributed by atoms with van der Waals surface area (Å²) in [5.74, 6) is 0.998. The van der Waals surface area contributed by atoms with Gasteiger partial charge in [-0.2, -0.15) is 9.61 Å². The van der Waals surface area contributed by atoms with Crippen molar-refractivity contribution in [2.24, 2.45) is 0 Å². The zero-order valence-electron chi connectivity index (χ0n) is 11.5. The van der Waals surface area contributed by atoms with Gasteiger partial charge < -0.3 is 10.2 Å². The molecule has 20 heavy (non-hydrogen) atoms. The molecular weight excluding hydrogens is 342 g/mol. The van der Waals surface area contributed by atoms with Gasteiger partial charge in [-0.1, -0.05) is 18.5 Å². The van der Waals surface area contributed by atoms with Gasteiger partial charge >= 0.3 is 0 Å². The minimum absolute atomic E-state index is 0.391. The van der Waals surface area contributed by atoms with E-state index >= 15 is 0 Å². The summed E-state index contributed by atoms with van der Waals surface area (Å²) >= 11 is 9.56. The molecule has 5 nitrogen and oxygen atoms in total. The van der Waals surface area contributed by atoms with E-state index in [4.69, 9.17) is 11.6 Å². The zero-order chi connectivity index (χ0) is 14.3. The van der Waals surface area contributed by atoms with Gasteiger partial charge in [0, 0.05) is 37.3 Å². The Labute approximate surface area is 131 Å². The van der Waals surface area contributed by atoms with Gasteiger partial charge in [0.15, 0.2) is 5.65 Å². The predicted molar refractivity (Wildman–Crippen MR) is 84.6 cm³/mol. The molecule has 0 unspecified atom stereocenters. The third kappa shape index (κ3) is 2.52. The molecule has 1 aliphatic heterocycles. The van der Waals surface area contributed by atoms with Gasteiger partial charge in [-0.05, 0) is 29.3 Å². The second-order valence-electron chi connectivity index (χ2n) is 5.19.